The van der Waals surface area contributed by atoms with Gasteiger partial charge in [-0.2, -0.15) is 15.1 Å². The number of aliphatic hydroxyl groups is 2. The molecule has 31 heavy (non-hydrogen) atoms. The molecule has 13 nitrogen and oxygen atoms in total. The summed E-state index contributed by atoms with van der Waals surface area (Å²) in [6.07, 6.45) is -3.26. The topological polar surface area (TPSA) is 181 Å². The zero-order valence-corrected chi connectivity index (χ0v) is 17.9. The lowest BCUT2D eigenvalue weighted by molar-refractivity contribution is -0.0658. The first kappa shape index (κ1) is 22.8. The van der Waals surface area contributed by atoms with E-state index in [0.29, 0.717) is 35.9 Å². The largest absolute Gasteiger partial charge is 0.387 e. The minimum atomic E-state index is -4.37. The van der Waals surface area contributed by atoms with Gasteiger partial charge in [-0.3, -0.25) is 4.57 Å². The Kier molecular flexibility index (Phi) is 6.77. The van der Waals surface area contributed by atoms with Crippen LogP contribution in [-0.2, 0) is 18.8 Å². The zero-order valence-electron chi connectivity index (χ0n) is 16.2. The Morgan fingerprint density at radius 1 is 1.32 bits per heavy atom. The zero-order chi connectivity index (χ0) is 22.2. The standard InChI is InChI=1S/C16H23ClN5O8P/c17-16-20-13(18-3-8-1-2-28-5-8)9-4-19-22(14(9)21-16)15-12(24)11(23)10(30-15)6-29-7-31(25,26)27/h4,8,10-12,15,23-24H,1-3,5-7H2,(H,18,20,21)(H2,25,26,27)/t8?,10-,11-,12-,15-/m1/s1. The molecule has 2 aromatic heterocycles. The molecule has 4 rings (SSSR count). The molecular formula is C16H23ClN5O8P. The number of aliphatic hydroxyl groups excluding tert-OH is 2. The number of nitrogens with zero attached hydrogens (tertiary/aromatic N) is 4. The molecule has 0 amide bonds. The van der Waals surface area contributed by atoms with E-state index >= 15 is 0 Å². The van der Waals surface area contributed by atoms with Gasteiger partial charge in [0.15, 0.2) is 11.9 Å². The maximum Gasteiger partial charge on any atom is 0.350 e. The van der Waals surface area contributed by atoms with Crippen molar-refractivity contribution in [2.45, 2.75) is 31.0 Å². The highest BCUT2D eigenvalue weighted by atomic mass is 35.5. The summed E-state index contributed by atoms with van der Waals surface area (Å²) in [4.78, 5) is 26.1. The summed E-state index contributed by atoms with van der Waals surface area (Å²) in [7, 11) is -4.37. The lowest BCUT2D eigenvalue weighted by Gasteiger charge is -2.16. The van der Waals surface area contributed by atoms with Crippen LogP contribution in [0.5, 0.6) is 0 Å². The summed E-state index contributed by atoms with van der Waals surface area (Å²) >= 11 is 6.09. The van der Waals surface area contributed by atoms with Gasteiger partial charge in [-0.25, -0.2) is 4.68 Å². The monoisotopic (exact) mass is 479 g/mol. The molecule has 0 saturated carbocycles. The number of halogens is 1. The number of rotatable bonds is 8. The van der Waals surface area contributed by atoms with E-state index < -0.39 is 38.5 Å². The van der Waals surface area contributed by atoms with E-state index in [9.17, 15) is 14.8 Å². The number of aromatic nitrogens is 4. The quantitative estimate of drug-likeness (QED) is 0.246. The number of nitrogens with one attached hydrogen (secondary N) is 1. The van der Waals surface area contributed by atoms with Crippen molar-refractivity contribution in [3.8, 4) is 0 Å². The van der Waals surface area contributed by atoms with E-state index in [4.69, 9.17) is 35.6 Å². The van der Waals surface area contributed by atoms with Crippen LogP contribution in [0.25, 0.3) is 11.0 Å². The molecule has 0 aliphatic carbocycles. The van der Waals surface area contributed by atoms with Gasteiger partial charge in [0.25, 0.3) is 0 Å². The highest BCUT2D eigenvalue weighted by Gasteiger charge is 2.45. The van der Waals surface area contributed by atoms with Crippen LogP contribution in [0, 0.1) is 5.92 Å². The molecule has 2 aromatic rings. The summed E-state index contributed by atoms with van der Waals surface area (Å²) in [5.41, 5.74) is 0.290. The van der Waals surface area contributed by atoms with Crippen molar-refractivity contribution in [1.29, 1.82) is 0 Å². The minimum Gasteiger partial charge on any atom is -0.387 e. The molecule has 0 spiro atoms. The van der Waals surface area contributed by atoms with Gasteiger partial charge < -0.3 is 39.5 Å². The van der Waals surface area contributed by atoms with Gasteiger partial charge in [0, 0.05) is 19.1 Å². The molecule has 0 radical (unpaired) electrons. The van der Waals surface area contributed by atoms with Gasteiger partial charge >= 0.3 is 7.60 Å². The first-order valence-corrected chi connectivity index (χ1v) is 11.8. The van der Waals surface area contributed by atoms with E-state index in [1.807, 2.05) is 0 Å². The maximum atomic E-state index is 10.9. The fourth-order valence-electron chi connectivity index (χ4n) is 3.56. The van der Waals surface area contributed by atoms with E-state index in [0.717, 1.165) is 13.0 Å². The predicted octanol–water partition coefficient (Wildman–Crippen LogP) is -0.301. The Morgan fingerprint density at radius 2 is 2.13 bits per heavy atom. The second-order valence-electron chi connectivity index (χ2n) is 7.49. The van der Waals surface area contributed by atoms with Crippen LogP contribution in [0.1, 0.15) is 12.6 Å². The SMILES string of the molecule is O=P(O)(O)COC[C@H]1O[C@@H](n2ncc3c(NCC4CCOC4)nc(Cl)nc32)[C@H](O)[C@@H]1O. The van der Waals surface area contributed by atoms with Crippen molar-refractivity contribution < 1.29 is 38.8 Å². The fourth-order valence-corrected chi connectivity index (χ4v) is 4.07. The van der Waals surface area contributed by atoms with Crippen LogP contribution >= 0.6 is 19.2 Å². The van der Waals surface area contributed by atoms with Gasteiger partial charge in [-0.1, -0.05) is 0 Å². The number of fused-ring (bicyclic) bond motifs is 1. The third-order valence-electron chi connectivity index (χ3n) is 5.13. The fraction of sp³-hybridized carbons (Fsp3) is 0.688. The second kappa shape index (κ2) is 9.22. The van der Waals surface area contributed by atoms with Crippen molar-refractivity contribution in [3.63, 3.8) is 0 Å². The summed E-state index contributed by atoms with van der Waals surface area (Å²) in [5.74, 6) is 0.825. The minimum absolute atomic E-state index is 0.0333. The lowest BCUT2D eigenvalue weighted by Crippen LogP contribution is -2.34. The van der Waals surface area contributed by atoms with Crippen LogP contribution in [0.4, 0.5) is 5.82 Å². The molecular weight excluding hydrogens is 457 g/mol. The van der Waals surface area contributed by atoms with Crippen molar-refractivity contribution in [2.24, 2.45) is 5.92 Å². The molecule has 2 aliphatic heterocycles. The van der Waals surface area contributed by atoms with E-state index in [2.05, 4.69) is 20.4 Å². The van der Waals surface area contributed by atoms with E-state index in [1.54, 1.807) is 0 Å². The van der Waals surface area contributed by atoms with Gasteiger partial charge in [0.1, 0.15) is 30.5 Å². The van der Waals surface area contributed by atoms with Crippen molar-refractivity contribution in [2.75, 3.05) is 38.0 Å². The summed E-state index contributed by atoms with van der Waals surface area (Å²) in [6.45, 7) is 1.70. The highest BCUT2D eigenvalue weighted by molar-refractivity contribution is 7.51. The molecule has 2 aliphatic rings. The van der Waals surface area contributed by atoms with E-state index in [-0.39, 0.29) is 11.9 Å². The number of hydrogen-bond acceptors (Lipinski definition) is 10. The van der Waals surface area contributed by atoms with Crippen molar-refractivity contribution in [3.05, 3.63) is 11.5 Å². The van der Waals surface area contributed by atoms with Crippen LogP contribution in [0.15, 0.2) is 6.20 Å². The number of hydrogen-bond donors (Lipinski definition) is 5. The van der Waals surface area contributed by atoms with Crippen LogP contribution in [0.2, 0.25) is 5.28 Å². The number of ether oxygens (including phenoxy) is 3. The Bertz CT molecular complexity index is 967. The smallest absolute Gasteiger partial charge is 0.350 e. The Balaban J connectivity index is 1.51. The van der Waals surface area contributed by atoms with Gasteiger partial charge in [0.05, 0.1) is 24.8 Å². The van der Waals surface area contributed by atoms with Crippen LogP contribution in [0.3, 0.4) is 0 Å². The van der Waals surface area contributed by atoms with Gasteiger partial charge in [0.2, 0.25) is 5.28 Å². The van der Waals surface area contributed by atoms with Gasteiger partial charge in [-0.15, -0.1) is 0 Å². The first-order chi connectivity index (χ1) is 14.7. The molecule has 0 aromatic carbocycles. The molecule has 5 atom stereocenters. The highest BCUT2D eigenvalue weighted by Crippen LogP contribution is 2.36. The first-order valence-electron chi connectivity index (χ1n) is 9.59. The lowest BCUT2D eigenvalue weighted by atomic mass is 10.1. The molecule has 172 valence electrons. The normalized spacial score (nSPS) is 29.1. The molecule has 2 saturated heterocycles. The average molecular weight is 480 g/mol. The molecule has 5 N–H and O–H groups in total. The third-order valence-corrected chi connectivity index (χ3v) is 5.82. The van der Waals surface area contributed by atoms with E-state index in [1.165, 1.54) is 10.9 Å². The predicted molar refractivity (Wildman–Crippen MR) is 107 cm³/mol. The third kappa shape index (κ3) is 5.16. The Morgan fingerprint density at radius 3 is 2.84 bits per heavy atom. The maximum absolute atomic E-state index is 10.9. The van der Waals surface area contributed by atoms with Crippen molar-refractivity contribution in [1.82, 2.24) is 19.7 Å². The van der Waals surface area contributed by atoms with Crippen LogP contribution < -0.4 is 5.32 Å². The van der Waals surface area contributed by atoms with Crippen LogP contribution in [-0.4, -0.2) is 90.8 Å². The van der Waals surface area contributed by atoms with Crippen molar-refractivity contribution >= 4 is 36.0 Å². The average Bonchev–Trinajstić information content (AvgIpc) is 3.41. The Hall–Kier alpha value is -1.41. The molecule has 4 heterocycles. The second-order valence-corrected chi connectivity index (χ2v) is 9.41. The molecule has 15 heteroatoms. The number of anilines is 1. The molecule has 1 unspecified atom stereocenters. The molecule has 0 bridgehead atoms. The Labute approximate surface area is 181 Å². The summed E-state index contributed by atoms with van der Waals surface area (Å²) in [6, 6.07) is 0. The summed E-state index contributed by atoms with van der Waals surface area (Å²) < 4.78 is 28.1. The van der Waals surface area contributed by atoms with Gasteiger partial charge in [-0.05, 0) is 18.0 Å². The summed E-state index contributed by atoms with van der Waals surface area (Å²) in [5, 5.41) is 28.7. The molecule has 2 fully saturated rings.